The summed E-state index contributed by atoms with van der Waals surface area (Å²) in [6.07, 6.45) is 9.67. The number of carbonyl (C=O) groups is 1. The minimum atomic E-state index is 0.102. The van der Waals surface area contributed by atoms with Crippen LogP contribution in [0, 0.1) is 23.2 Å². The molecule has 4 unspecified atom stereocenters. The van der Waals surface area contributed by atoms with Gasteiger partial charge in [0.2, 0.25) is 0 Å². The fourth-order valence-corrected chi connectivity index (χ4v) is 4.17. The van der Waals surface area contributed by atoms with Crippen molar-refractivity contribution in [1.29, 1.82) is 0 Å². The van der Waals surface area contributed by atoms with Crippen LogP contribution in [-0.2, 0) is 9.53 Å². The van der Waals surface area contributed by atoms with Gasteiger partial charge in [0.15, 0.2) is 0 Å². The Hall–Kier alpha value is -0.370. The fourth-order valence-electron chi connectivity index (χ4n) is 4.17. The minimum Gasteiger partial charge on any atom is -0.384 e. The Labute approximate surface area is 119 Å². The highest BCUT2D eigenvalue weighted by atomic mass is 16.5. The Morgan fingerprint density at radius 3 is 2.58 bits per heavy atom. The molecule has 2 heteroatoms. The van der Waals surface area contributed by atoms with Gasteiger partial charge in [-0.2, -0.15) is 0 Å². The van der Waals surface area contributed by atoms with E-state index in [-0.39, 0.29) is 11.3 Å². The summed E-state index contributed by atoms with van der Waals surface area (Å²) in [7, 11) is 1.78. The van der Waals surface area contributed by atoms with Gasteiger partial charge in [-0.3, -0.25) is 0 Å². The van der Waals surface area contributed by atoms with E-state index in [2.05, 4.69) is 20.8 Å². The first-order chi connectivity index (χ1) is 9.16. The first kappa shape index (κ1) is 16.7. The maximum atomic E-state index is 11.8. The zero-order valence-corrected chi connectivity index (χ0v) is 13.3. The number of aldehydes is 1. The summed E-state index contributed by atoms with van der Waals surface area (Å²) in [5.41, 5.74) is 0.102. The third-order valence-corrected chi connectivity index (χ3v) is 5.45. The van der Waals surface area contributed by atoms with Crippen molar-refractivity contribution in [1.82, 2.24) is 0 Å². The van der Waals surface area contributed by atoms with E-state index in [0.29, 0.717) is 11.8 Å². The lowest BCUT2D eigenvalue weighted by Crippen LogP contribution is -2.42. The quantitative estimate of drug-likeness (QED) is 0.577. The predicted molar refractivity (Wildman–Crippen MR) is 80.2 cm³/mol. The van der Waals surface area contributed by atoms with Crippen LogP contribution in [0.3, 0.4) is 0 Å². The Balaban J connectivity index is 2.91. The molecule has 4 atom stereocenters. The molecule has 0 aromatic carbocycles. The van der Waals surface area contributed by atoms with Gasteiger partial charge in [-0.25, -0.2) is 0 Å². The number of rotatable bonds is 9. The van der Waals surface area contributed by atoms with Crippen LogP contribution in [0.25, 0.3) is 0 Å². The Kier molecular flexibility index (Phi) is 7.06. The maximum Gasteiger partial charge on any atom is 0.124 e. The number of methoxy groups -OCH3 is 1. The fraction of sp³-hybridized carbons (Fsp3) is 0.941. The highest BCUT2D eigenvalue weighted by Crippen LogP contribution is 2.51. The first-order valence-corrected chi connectivity index (χ1v) is 8.10. The standard InChI is InChI=1S/C17H32O2/c1-5-7-10-15(6-2)16(12-18)17(13-19-4)11-8-9-14(17)3/h12,14-16H,5-11,13H2,1-4H3. The van der Waals surface area contributed by atoms with Crippen LogP contribution in [0.4, 0.5) is 0 Å². The lowest BCUT2D eigenvalue weighted by Gasteiger charge is -2.42. The van der Waals surface area contributed by atoms with Crippen LogP contribution in [0.15, 0.2) is 0 Å². The van der Waals surface area contributed by atoms with Crippen molar-refractivity contribution in [3.05, 3.63) is 0 Å². The molecule has 0 aliphatic heterocycles. The van der Waals surface area contributed by atoms with Crippen molar-refractivity contribution in [2.45, 2.75) is 65.7 Å². The number of hydrogen-bond acceptors (Lipinski definition) is 2. The van der Waals surface area contributed by atoms with Crippen LogP contribution >= 0.6 is 0 Å². The van der Waals surface area contributed by atoms with Crippen molar-refractivity contribution in [2.75, 3.05) is 13.7 Å². The molecule has 2 nitrogen and oxygen atoms in total. The Morgan fingerprint density at radius 2 is 2.16 bits per heavy atom. The number of ether oxygens (including phenoxy) is 1. The second-order valence-corrected chi connectivity index (χ2v) is 6.43. The molecule has 1 saturated carbocycles. The molecule has 0 saturated heterocycles. The van der Waals surface area contributed by atoms with E-state index in [1.54, 1.807) is 7.11 Å². The van der Waals surface area contributed by atoms with E-state index >= 15 is 0 Å². The zero-order chi connectivity index (χ0) is 14.3. The summed E-state index contributed by atoms with van der Waals surface area (Å²) >= 11 is 0. The summed E-state index contributed by atoms with van der Waals surface area (Å²) in [5.74, 6) is 1.33. The van der Waals surface area contributed by atoms with Gasteiger partial charge >= 0.3 is 0 Å². The van der Waals surface area contributed by atoms with Gasteiger partial charge in [-0.05, 0) is 24.7 Å². The summed E-state index contributed by atoms with van der Waals surface area (Å²) < 4.78 is 5.52. The molecular formula is C17H32O2. The van der Waals surface area contributed by atoms with Gasteiger partial charge in [0.25, 0.3) is 0 Å². The molecule has 19 heavy (non-hydrogen) atoms. The number of unbranched alkanes of at least 4 members (excludes halogenated alkanes) is 1. The van der Waals surface area contributed by atoms with E-state index in [1.165, 1.54) is 38.4 Å². The molecule has 0 heterocycles. The molecule has 0 N–H and O–H groups in total. The Bertz CT molecular complexity index is 264. The third-order valence-electron chi connectivity index (χ3n) is 5.45. The van der Waals surface area contributed by atoms with Crippen LogP contribution in [0.1, 0.15) is 65.7 Å². The summed E-state index contributed by atoms with van der Waals surface area (Å²) in [6, 6.07) is 0. The van der Waals surface area contributed by atoms with Crippen LogP contribution in [0.2, 0.25) is 0 Å². The first-order valence-electron chi connectivity index (χ1n) is 8.10. The van der Waals surface area contributed by atoms with Gasteiger partial charge in [0.05, 0.1) is 6.61 Å². The van der Waals surface area contributed by atoms with Crippen molar-refractivity contribution in [3.8, 4) is 0 Å². The van der Waals surface area contributed by atoms with Crippen molar-refractivity contribution in [3.63, 3.8) is 0 Å². The lowest BCUT2D eigenvalue weighted by atomic mass is 9.63. The predicted octanol–water partition coefficient (Wildman–Crippen LogP) is 4.47. The van der Waals surface area contributed by atoms with Gasteiger partial charge < -0.3 is 9.53 Å². The second-order valence-electron chi connectivity index (χ2n) is 6.43. The normalized spacial score (nSPS) is 30.2. The van der Waals surface area contributed by atoms with Gasteiger partial charge in [0.1, 0.15) is 6.29 Å². The van der Waals surface area contributed by atoms with Crippen molar-refractivity contribution in [2.24, 2.45) is 23.2 Å². The summed E-state index contributed by atoms with van der Waals surface area (Å²) in [4.78, 5) is 11.8. The van der Waals surface area contributed by atoms with E-state index < -0.39 is 0 Å². The van der Waals surface area contributed by atoms with Crippen LogP contribution in [-0.4, -0.2) is 20.0 Å². The topological polar surface area (TPSA) is 26.3 Å². The van der Waals surface area contributed by atoms with Crippen molar-refractivity contribution < 1.29 is 9.53 Å². The molecule has 1 fully saturated rings. The third kappa shape index (κ3) is 3.59. The molecule has 1 aliphatic rings. The van der Waals surface area contributed by atoms with Crippen molar-refractivity contribution >= 4 is 6.29 Å². The summed E-state index contributed by atoms with van der Waals surface area (Å²) in [5, 5.41) is 0. The smallest absolute Gasteiger partial charge is 0.124 e. The highest BCUT2D eigenvalue weighted by molar-refractivity contribution is 5.56. The van der Waals surface area contributed by atoms with E-state index in [4.69, 9.17) is 4.74 Å². The average Bonchev–Trinajstić information content (AvgIpc) is 2.77. The van der Waals surface area contributed by atoms with Gasteiger partial charge in [-0.15, -0.1) is 0 Å². The van der Waals surface area contributed by atoms with Gasteiger partial charge in [0, 0.05) is 18.4 Å². The molecule has 0 amide bonds. The summed E-state index contributed by atoms with van der Waals surface area (Å²) in [6.45, 7) is 7.53. The molecule has 0 radical (unpaired) electrons. The SMILES string of the molecule is CCCCC(CC)C(C=O)C1(COC)CCCC1C. The minimum absolute atomic E-state index is 0.102. The van der Waals surface area contributed by atoms with E-state index in [1.807, 2.05) is 0 Å². The molecule has 112 valence electrons. The highest BCUT2D eigenvalue weighted by Gasteiger charge is 2.48. The molecule has 0 aromatic heterocycles. The van der Waals surface area contributed by atoms with E-state index in [0.717, 1.165) is 19.4 Å². The molecule has 0 spiro atoms. The number of carbonyl (C=O) groups excluding carboxylic acids is 1. The lowest BCUT2D eigenvalue weighted by molar-refractivity contribution is -0.122. The molecular weight excluding hydrogens is 236 g/mol. The largest absolute Gasteiger partial charge is 0.384 e. The van der Waals surface area contributed by atoms with Crippen LogP contribution < -0.4 is 0 Å². The van der Waals surface area contributed by atoms with Gasteiger partial charge in [-0.1, -0.05) is 52.9 Å². The number of hydrogen-bond donors (Lipinski definition) is 0. The molecule has 1 rings (SSSR count). The molecule has 0 bridgehead atoms. The maximum absolute atomic E-state index is 11.8. The average molecular weight is 268 g/mol. The zero-order valence-electron chi connectivity index (χ0n) is 13.3. The molecule has 0 aromatic rings. The van der Waals surface area contributed by atoms with E-state index in [9.17, 15) is 4.79 Å². The molecule has 1 aliphatic carbocycles. The second kappa shape index (κ2) is 8.04. The Morgan fingerprint density at radius 1 is 1.42 bits per heavy atom. The van der Waals surface area contributed by atoms with Crippen LogP contribution in [0.5, 0.6) is 0 Å². The monoisotopic (exact) mass is 268 g/mol.